The van der Waals surface area contributed by atoms with E-state index in [4.69, 9.17) is 9.63 Å². The molecule has 0 fully saturated rings. The van der Waals surface area contributed by atoms with Crippen LogP contribution in [0.2, 0.25) is 0 Å². The van der Waals surface area contributed by atoms with Gasteiger partial charge in [0.2, 0.25) is 5.91 Å². The van der Waals surface area contributed by atoms with Crippen LogP contribution in [-0.4, -0.2) is 28.7 Å². The molecule has 20 heavy (non-hydrogen) atoms. The number of hydrogen-bond acceptors (Lipinski definition) is 5. The van der Waals surface area contributed by atoms with Gasteiger partial charge >= 0.3 is 5.97 Å². The second-order valence-corrected chi connectivity index (χ2v) is 5.27. The van der Waals surface area contributed by atoms with E-state index in [0.29, 0.717) is 11.6 Å². The lowest BCUT2D eigenvalue weighted by molar-refractivity contribution is -0.136. The standard InChI is InChI=1S/C13H14N2O4S/c1-9-7-11(14-19-9)15(5-4-13(17)18)12(16)8-10-3-2-6-20-10/h2-3,6-7H,4-5,8H2,1H3,(H,17,18). The summed E-state index contributed by atoms with van der Waals surface area (Å²) < 4.78 is 4.95. The average molecular weight is 294 g/mol. The van der Waals surface area contributed by atoms with Gasteiger partial charge < -0.3 is 9.63 Å². The van der Waals surface area contributed by atoms with Crippen LogP contribution in [0.4, 0.5) is 5.82 Å². The van der Waals surface area contributed by atoms with Gasteiger partial charge in [0.05, 0.1) is 12.8 Å². The highest BCUT2D eigenvalue weighted by Crippen LogP contribution is 2.17. The van der Waals surface area contributed by atoms with Gasteiger partial charge in [0.15, 0.2) is 5.82 Å². The highest BCUT2D eigenvalue weighted by molar-refractivity contribution is 7.10. The molecule has 0 unspecified atom stereocenters. The molecule has 0 atom stereocenters. The van der Waals surface area contributed by atoms with Crippen molar-refractivity contribution in [1.82, 2.24) is 5.16 Å². The average Bonchev–Trinajstić information content (AvgIpc) is 3.01. The van der Waals surface area contributed by atoms with E-state index < -0.39 is 5.97 Å². The van der Waals surface area contributed by atoms with Gasteiger partial charge in [-0.1, -0.05) is 11.2 Å². The molecule has 7 heteroatoms. The minimum atomic E-state index is -0.959. The molecule has 0 aliphatic heterocycles. The van der Waals surface area contributed by atoms with Crippen molar-refractivity contribution in [1.29, 1.82) is 0 Å². The number of carboxylic acid groups (broad SMARTS) is 1. The zero-order valence-corrected chi connectivity index (χ0v) is 11.7. The van der Waals surface area contributed by atoms with E-state index in [2.05, 4.69) is 5.16 Å². The summed E-state index contributed by atoms with van der Waals surface area (Å²) in [5.41, 5.74) is 0. The summed E-state index contributed by atoms with van der Waals surface area (Å²) in [6, 6.07) is 5.36. The first kappa shape index (κ1) is 14.3. The lowest BCUT2D eigenvalue weighted by Gasteiger charge is -2.18. The summed E-state index contributed by atoms with van der Waals surface area (Å²) in [5.74, 6) is -0.226. The van der Waals surface area contributed by atoms with E-state index in [1.807, 2.05) is 17.5 Å². The maximum absolute atomic E-state index is 12.3. The molecular weight excluding hydrogens is 280 g/mol. The molecule has 6 nitrogen and oxygen atoms in total. The SMILES string of the molecule is Cc1cc(N(CCC(=O)O)C(=O)Cc2cccs2)no1. The largest absolute Gasteiger partial charge is 0.481 e. The van der Waals surface area contributed by atoms with Crippen LogP contribution in [0.3, 0.4) is 0 Å². The minimum absolute atomic E-state index is 0.0749. The molecule has 1 amide bonds. The third kappa shape index (κ3) is 3.67. The summed E-state index contributed by atoms with van der Waals surface area (Å²) in [6.07, 6.45) is 0.0886. The second kappa shape index (κ2) is 6.33. The van der Waals surface area contributed by atoms with Crippen LogP contribution in [0.25, 0.3) is 0 Å². The van der Waals surface area contributed by atoms with Gasteiger partial charge in [-0.25, -0.2) is 0 Å². The molecule has 0 spiro atoms. The molecule has 2 aromatic heterocycles. The number of amides is 1. The fourth-order valence-corrected chi connectivity index (χ4v) is 2.41. The van der Waals surface area contributed by atoms with Crippen molar-refractivity contribution in [3.8, 4) is 0 Å². The Morgan fingerprint density at radius 1 is 1.50 bits per heavy atom. The van der Waals surface area contributed by atoms with Gasteiger partial charge in [0.25, 0.3) is 0 Å². The summed E-state index contributed by atoms with van der Waals surface area (Å²) in [6.45, 7) is 1.79. The van der Waals surface area contributed by atoms with Crippen molar-refractivity contribution in [3.05, 3.63) is 34.2 Å². The molecule has 1 N–H and O–H groups in total. The Labute approximate surface area is 119 Å². The quantitative estimate of drug-likeness (QED) is 0.882. The number of aromatic nitrogens is 1. The number of rotatable bonds is 6. The second-order valence-electron chi connectivity index (χ2n) is 4.24. The summed E-state index contributed by atoms with van der Waals surface area (Å²) in [7, 11) is 0. The Kier molecular flexibility index (Phi) is 4.52. The molecule has 0 saturated heterocycles. The topological polar surface area (TPSA) is 83.6 Å². The van der Waals surface area contributed by atoms with Crippen LogP contribution in [0, 0.1) is 6.92 Å². The third-order valence-electron chi connectivity index (χ3n) is 2.65. The molecule has 0 bridgehead atoms. The van der Waals surface area contributed by atoms with Crippen molar-refractivity contribution in [2.45, 2.75) is 19.8 Å². The lowest BCUT2D eigenvalue weighted by atomic mass is 10.2. The fraction of sp³-hybridized carbons (Fsp3) is 0.308. The summed E-state index contributed by atoms with van der Waals surface area (Å²) in [5, 5.41) is 14.5. The van der Waals surface area contributed by atoms with E-state index in [1.54, 1.807) is 13.0 Å². The lowest BCUT2D eigenvalue weighted by Crippen LogP contribution is -2.34. The molecule has 2 heterocycles. The normalized spacial score (nSPS) is 10.4. The van der Waals surface area contributed by atoms with E-state index in [1.165, 1.54) is 16.2 Å². The Hall–Kier alpha value is -2.15. The van der Waals surface area contributed by atoms with Crippen LogP contribution in [0.1, 0.15) is 17.1 Å². The number of carboxylic acids is 1. The van der Waals surface area contributed by atoms with Gasteiger partial charge in [-0.15, -0.1) is 11.3 Å². The van der Waals surface area contributed by atoms with Gasteiger partial charge in [0.1, 0.15) is 5.76 Å². The highest BCUT2D eigenvalue weighted by Gasteiger charge is 2.20. The molecule has 2 aromatic rings. The number of carbonyl (C=O) groups excluding carboxylic acids is 1. The van der Waals surface area contributed by atoms with Crippen molar-refractivity contribution in [2.75, 3.05) is 11.4 Å². The Bertz CT molecular complexity index is 591. The van der Waals surface area contributed by atoms with Gasteiger partial charge in [0, 0.05) is 17.5 Å². The first-order valence-corrected chi connectivity index (χ1v) is 6.92. The molecule has 0 aliphatic carbocycles. The molecule has 0 aromatic carbocycles. The molecule has 106 valence electrons. The van der Waals surface area contributed by atoms with E-state index in [-0.39, 0.29) is 25.3 Å². The highest BCUT2D eigenvalue weighted by atomic mass is 32.1. The molecule has 0 radical (unpaired) electrons. The number of thiophene rings is 1. The zero-order chi connectivity index (χ0) is 14.5. The molecule has 2 rings (SSSR count). The van der Waals surface area contributed by atoms with E-state index in [0.717, 1.165) is 4.88 Å². The monoisotopic (exact) mass is 294 g/mol. The molecular formula is C13H14N2O4S. The minimum Gasteiger partial charge on any atom is -0.481 e. The van der Waals surface area contributed by atoms with Crippen molar-refractivity contribution < 1.29 is 19.2 Å². The van der Waals surface area contributed by atoms with Gasteiger partial charge in [-0.05, 0) is 18.4 Å². The van der Waals surface area contributed by atoms with Crippen LogP contribution in [0.15, 0.2) is 28.1 Å². The first-order valence-electron chi connectivity index (χ1n) is 6.04. The first-order chi connectivity index (χ1) is 9.56. The van der Waals surface area contributed by atoms with Crippen molar-refractivity contribution in [3.63, 3.8) is 0 Å². The number of aliphatic carboxylic acids is 1. The van der Waals surface area contributed by atoms with Gasteiger partial charge in [-0.3, -0.25) is 14.5 Å². The number of carbonyl (C=O) groups is 2. The predicted octanol–water partition coefficient (Wildman–Crippen LogP) is 2.09. The fourth-order valence-electron chi connectivity index (χ4n) is 1.71. The van der Waals surface area contributed by atoms with E-state index >= 15 is 0 Å². The Balaban J connectivity index is 2.12. The summed E-state index contributed by atoms with van der Waals surface area (Å²) in [4.78, 5) is 25.3. The number of nitrogens with zero attached hydrogens (tertiary/aromatic N) is 2. The smallest absolute Gasteiger partial charge is 0.305 e. The number of hydrogen-bond donors (Lipinski definition) is 1. The number of aryl methyl sites for hydroxylation is 1. The van der Waals surface area contributed by atoms with Crippen LogP contribution in [0.5, 0.6) is 0 Å². The van der Waals surface area contributed by atoms with Crippen molar-refractivity contribution in [2.24, 2.45) is 0 Å². The van der Waals surface area contributed by atoms with Gasteiger partial charge in [-0.2, -0.15) is 0 Å². The maximum Gasteiger partial charge on any atom is 0.305 e. The van der Waals surface area contributed by atoms with E-state index in [9.17, 15) is 9.59 Å². The Morgan fingerprint density at radius 3 is 2.85 bits per heavy atom. The van der Waals surface area contributed by atoms with Crippen LogP contribution in [-0.2, 0) is 16.0 Å². The maximum atomic E-state index is 12.3. The summed E-state index contributed by atoms with van der Waals surface area (Å²) >= 11 is 1.49. The Morgan fingerprint density at radius 2 is 2.30 bits per heavy atom. The van der Waals surface area contributed by atoms with Crippen LogP contribution >= 0.6 is 11.3 Å². The third-order valence-corrected chi connectivity index (χ3v) is 3.52. The molecule has 0 aliphatic rings. The predicted molar refractivity (Wildman–Crippen MR) is 73.9 cm³/mol. The molecule has 0 saturated carbocycles. The zero-order valence-electron chi connectivity index (χ0n) is 10.9. The number of anilines is 1. The van der Waals surface area contributed by atoms with Crippen molar-refractivity contribution >= 4 is 29.0 Å². The van der Waals surface area contributed by atoms with Crippen LogP contribution < -0.4 is 4.90 Å².